The number of benzene rings is 3. The largest absolute Gasteiger partial charge is 0.494 e. The summed E-state index contributed by atoms with van der Waals surface area (Å²) < 4.78 is 17.9. The van der Waals surface area contributed by atoms with Crippen LogP contribution in [0, 0.1) is 0 Å². The summed E-state index contributed by atoms with van der Waals surface area (Å²) >= 11 is 0. The van der Waals surface area contributed by atoms with Crippen molar-refractivity contribution in [3.63, 3.8) is 0 Å². The van der Waals surface area contributed by atoms with E-state index in [9.17, 15) is 4.79 Å². The normalized spacial score (nSPS) is 11.9. The Labute approximate surface area is 274 Å². The first-order valence-corrected chi connectivity index (χ1v) is 18.2. The van der Waals surface area contributed by atoms with Gasteiger partial charge in [-0.1, -0.05) is 134 Å². The lowest BCUT2D eigenvalue weighted by Gasteiger charge is -2.14. The molecule has 0 saturated carbocycles. The number of fused-ring (bicyclic) bond motifs is 1. The maximum Gasteiger partial charge on any atom is 0.338 e. The van der Waals surface area contributed by atoms with Crippen molar-refractivity contribution in [1.29, 1.82) is 0 Å². The van der Waals surface area contributed by atoms with Crippen molar-refractivity contribution in [3.05, 3.63) is 71.8 Å². The van der Waals surface area contributed by atoms with Crippen LogP contribution in [0.15, 0.2) is 60.7 Å². The molecule has 0 unspecified atom stereocenters. The highest BCUT2D eigenvalue weighted by Gasteiger charge is 2.12. The predicted molar refractivity (Wildman–Crippen MR) is 190 cm³/mol. The summed E-state index contributed by atoms with van der Waals surface area (Å²) in [5, 5.41) is 2.18. The molecule has 1 atom stereocenters. The number of carbonyl (C=O) groups is 1. The van der Waals surface area contributed by atoms with Gasteiger partial charge in [0.2, 0.25) is 0 Å². The zero-order chi connectivity index (χ0) is 32.0. The summed E-state index contributed by atoms with van der Waals surface area (Å²) in [5.74, 6) is 1.50. The fourth-order valence-corrected chi connectivity index (χ4v) is 5.82. The lowest BCUT2D eigenvalue weighted by Crippen LogP contribution is -2.15. The summed E-state index contributed by atoms with van der Waals surface area (Å²) in [6, 6.07) is 19.9. The number of unbranched alkanes of at least 4 members (excludes halogenated alkanes) is 15. The Bertz CT molecular complexity index is 1200. The predicted octanol–water partition coefficient (Wildman–Crippen LogP) is 12.4. The van der Waals surface area contributed by atoms with E-state index >= 15 is 0 Å². The monoisotopic (exact) mass is 616 g/mol. The molecule has 45 heavy (non-hydrogen) atoms. The van der Waals surface area contributed by atoms with Crippen molar-refractivity contribution in [2.45, 2.75) is 149 Å². The van der Waals surface area contributed by atoms with Gasteiger partial charge in [0, 0.05) is 5.39 Å². The number of esters is 1. The maximum absolute atomic E-state index is 12.5. The highest BCUT2D eigenvalue weighted by molar-refractivity contribution is 5.90. The Kier molecular flexibility index (Phi) is 18.2. The van der Waals surface area contributed by atoms with Crippen LogP contribution >= 0.6 is 0 Å². The van der Waals surface area contributed by atoms with Gasteiger partial charge in [-0.05, 0) is 73.5 Å². The Morgan fingerprint density at radius 2 is 1.24 bits per heavy atom. The lowest BCUT2D eigenvalue weighted by molar-refractivity contribution is 0.0319. The minimum Gasteiger partial charge on any atom is -0.494 e. The van der Waals surface area contributed by atoms with Crippen LogP contribution in [0.2, 0.25) is 0 Å². The molecule has 4 heteroatoms. The SMILES string of the molecule is CCCCCCCCCCCCCCCOc1ccc2c(OCc3ccc(C(=O)O[C@H](C)CCCCCC)cc3)cccc2c1. The highest BCUT2D eigenvalue weighted by Crippen LogP contribution is 2.29. The molecule has 4 nitrogen and oxygen atoms in total. The number of carbonyl (C=O) groups excluding carboxylic acids is 1. The summed E-state index contributed by atoms with van der Waals surface area (Å²) in [6.45, 7) is 7.66. The van der Waals surface area contributed by atoms with Crippen LogP contribution in [0.1, 0.15) is 152 Å². The van der Waals surface area contributed by atoms with Crippen molar-refractivity contribution in [3.8, 4) is 11.5 Å². The molecule has 248 valence electrons. The zero-order valence-electron chi connectivity index (χ0n) is 28.6. The molecular formula is C41H60O4. The molecule has 3 aromatic carbocycles. The molecule has 0 spiro atoms. The van der Waals surface area contributed by atoms with Gasteiger partial charge in [-0.15, -0.1) is 0 Å². The Hall–Kier alpha value is -3.01. The van der Waals surface area contributed by atoms with Crippen LogP contribution in [-0.4, -0.2) is 18.7 Å². The number of hydrogen-bond acceptors (Lipinski definition) is 4. The van der Waals surface area contributed by atoms with Crippen molar-refractivity contribution in [2.75, 3.05) is 6.61 Å². The average Bonchev–Trinajstić information content (AvgIpc) is 3.06. The first kappa shape index (κ1) is 36.5. The fraction of sp³-hybridized carbons (Fsp3) is 0.585. The second-order valence-electron chi connectivity index (χ2n) is 12.8. The first-order valence-electron chi connectivity index (χ1n) is 18.2. The van der Waals surface area contributed by atoms with E-state index in [2.05, 4.69) is 32.0 Å². The Morgan fingerprint density at radius 3 is 1.89 bits per heavy atom. The molecule has 0 aliphatic rings. The van der Waals surface area contributed by atoms with E-state index in [-0.39, 0.29) is 12.1 Å². The van der Waals surface area contributed by atoms with Crippen LogP contribution in [0.25, 0.3) is 10.8 Å². The van der Waals surface area contributed by atoms with Gasteiger partial charge in [0.25, 0.3) is 0 Å². The van der Waals surface area contributed by atoms with E-state index in [4.69, 9.17) is 14.2 Å². The quantitative estimate of drug-likeness (QED) is 0.0701. The highest BCUT2D eigenvalue weighted by atomic mass is 16.5. The van der Waals surface area contributed by atoms with Gasteiger partial charge in [-0.2, -0.15) is 0 Å². The molecule has 3 rings (SSSR count). The van der Waals surface area contributed by atoms with Gasteiger partial charge in [-0.3, -0.25) is 0 Å². The van der Waals surface area contributed by atoms with Crippen LogP contribution in [0.4, 0.5) is 0 Å². The van der Waals surface area contributed by atoms with E-state index in [1.165, 1.54) is 96.3 Å². The minimum atomic E-state index is -0.258. The number of rotatable bonds is 25. The van der Waals surface area contributed by atoms with Crippen LogP contribution in [0.5, 0.6) is 11.5 Å². The molecule has 0 saturated heterocycles. The Balaban J connectivity index is 1.33. The van der Waals surface area contributed by atoms with Gasteiger partial charge in [0.1, 0.15) is 18.1 Å². The molecule has 0 N–H and O–H groups in total. The minimum absolute atomic E-state index is 0.0612. The lowest BCUT2D eigenvalue weighted by atomic mass is 10.0. The Morgan fingerprint density at radius 1 is 0.644 bits per heavy atom. The third kappa shape index (κ3) is 14.8. The van der Waals surface area contributed by atoms with Crippen molar-refractivity contribution >= 4 is 16.7 Å². The van der Waals surface area contributed by atoms with Gasteiger partial charge >= 0.3 is 5.97 Å². The van der Waals surface area contributed by atoms with Crippen molar-refractivity contribution in [1.82, 2.24) is 0 Å². The maximum atomic E-state index is 12.5. The van der Waals surface area contributed by atoms with E-state index in [1.54, 1.807) is 0 Å². The van der Waals surface area contributed by atoms with Crippen LogP contribution in [-0.2, 0) is 11.3 Å². The smallest absolute Gasteiger partial charge is 0.338 e. The molecule has 0 heterocycles. The molecule has 0 bridgehead atoms. The van der Waals surface area contributed by atoms with Gasteiger partial charge in [0.15, 0.2) is 0 Å². The van der Waals surface area contributed by atoms with Gasteiger partial charge in [-0.25, -0.2) is 4.79 Å². The summed E-state index contributed by atoms with van der Waals surface area (Å²) in [6.07, 6.45) is 23.2. The fourth-order valence-electron chi connectivity index (χ4n) is 5.82. The summed E-state index contributed by atoms with van der Waals surface area (Å²) in [4.78, 5) is 12.5. The summed E-state index contributed by atoms with van der Waals surface area (Å²) in [7, 11) is 0. The second kappa shape index (κ2) is 22.5. The van der Waals surface area contributed by atoms with E-state index in [0.29, 0.717) is 12.2 Å². The van der Waals surface area contributed by atoms with Gasteiger partial charge < -0.3 is 14.2 Å². The molecule has 0 aromatic heterocycles. The molecule has 0 fully saturated rings. The van der Waals surface area contributed by atoms with E-state index in [1.807, 2.05) is 49.4 Å². The number of ether oxygens (including phenoxy) is 3. The molecule has 3 aromatic rings. The topological polar surface area (TPSA) is 44.8 Å². The second-order valence-corrected chi connectivity index (χ2v) is 12.8. The third-order valence-electron chi connectivity index (χ3n) is 8.68. The standard InChI is InChI=1S/C41H60O4/c1-4-6-8-10-11-12-13-14-15-16-17-18-20-31-43-38-29-30-39-37(32-38)23-21-24-40(39)44-33-35-25-27-36(28-26-35)41(42)45-34(3)22-19-9-7-5-2/h21,23-30,32,34H,4-20,22,31,33H2,1-3H3/t34-/m1/s1. The molecule has 0 aliphatic heterocycles. The summed E-state index contributed by atoms with van der Waals surface area (Å²) in [5.41, 5.74) is 1.59. The number of hydrogen-bond donors (Lipinski definition) is 0. The third-order valence-corrected chi connectivity index (χ3v) is 8.68. The molecular weight excluding hydrogens is 556 g/mol. The average molecular weight is 617 g/mol. The molecule has 0 radical (unpaired) electrons. The first-order chi connectivity index (χ1) is 22.1. The van der Waals surface area contributed by atoms with Crippen LogP contribution < -0.4 is 9.47 Å². The zero-order valence-corrected chi connectivity index (χ0v) is 28.6. The van der Waals surface area contributed by atoms with E-state index < -0.39 is 0 Å². The van der Waals surface area contributed by atoms with Crippen LogP contribution in [0.3, 0.4) is 0 Å². The van der Waals surface area contributed by atoms with E-state index in [0.717, 1.165) is 53.7 Å². The molecule has 0 aliphatic carbocycles. The van der Waals surface area contributed by atoms with Crippen molar-refractivity contribution in [2.24, 2.45) is 0 Å². The van der Waals surface area contributed by atoms with Gasteiger partial charge in [0.05, 0.1) is 18.3 Å². The molecule has 0 amide bonds. The van der Waals surface area contributed by atoms with Crippen molar-refractivity contribution < 1.29 is 19.0 Å².